The van der Waals surface area contributed by atoms with Crippen LogP contribution in [0.25, 0.3) is 0 Å². The van der Waals surface area contributed by atoms with E-state index in [1.807, 2.05) is 0 Å². The van der Waals surface area contributed by atoms with E-state index in [9.17, 15) is 13.2 Å². The highest BCUT2D eigenvalue weighted by Gasteiger charge is 2.53. The summed E-state index contributed by atoms with van der Waals surface area (Å²) in [5.74, 6) is 0. The molecule has 0 aliphatic rings. The predicted octanol–water partition coefficient (Wildman–Crippen LogP) is 1.20. The van der Waals surface area contributed by atoms with Crippen LogP contribution in [0.1, 0.15) is 0 Å². The standard InChI is InChI=1S/C4H3BrF3NO/c5-1-3(10,2-9)4(6,7)8/h10H,1H2. The van der Waals surface area contributed by atoms with Crippen molar-refractivity contribution in [3.63, 3.8) is 0 Å². The van der Waals surface area contributed by atoms with Crippen molar-refractivity contribution in [2.24, 2.45) is 0 Å². The molecule has 1 N–H and O–H groups in total. The number of rotatable bonds is 1. The third-order valence-electron chi connectivity index (χ3n) is 0.847. The van der Waals surface area contributed by atoms with E-state index in [1.54, 1.807) is 0 Å². The Kier molecular flexibility index (Phi) is 2.68. The molecule has 58 valence electrons. The van der Waals surface area contributed by atoms with Crippen molar-refractivity contribution in [3.05, 3.63) is 0 Å². The van der Waals surface area contributed by atoms with Crippen LogP contribution in [0, 0.1) is 11.3 Å². The summed E-state index contributed by atoms with van der Waals surface area (Å²) in [7, 11) is 0. The van der Waals surface area contributed by atoms with Crippen LogP contribution in [0.2, 0.25) is 0 Å². The van der Waals surface area contributed by atoms with Gasteiger partial charge in [0.15, 0.2) is 0 Å². The molecule has 0 aromatic carbocycles. The van der Waals surface area contributed by atoms with Crippen LogP contribution < -0.4 is 0 Å². The number of alkyl halides is 4. The predicted molar refractivity (Wildman–Crippen MR) is 30.4 cm³/mol. The van der Waals surface area contributed by atoms with E-state index >= 15 is 0 Å². The van der Waals surface area contributed by atoms with Crippen molar-refractivity contribution in [2.75, 3.05) is 5.33 Å². The van der Waals surface area contributed by atoms with Gasteiger partial charge >= 0.3 is 6.18 Å². The summed E-state index contributed by atoms with van der Waals surface area (Å²) in [5, 5.41) is 15.5. The lowest BCUT2D eigenvalue weighted by Crippen LogP contribution is -2.45. The fourth-order valence-corrected chi connectivity index (χ4v) is 0.612. The minimum Gasteiger partial charge on any atom is -0.368 e. The number of halogens is 4. The van der Waals surface area contributed by atoms with Gasteiger partial charge in [0, 0.05) is 0 Å². The quantitative estimate of drug-likeness (QED) is 0.530. The van der Waals surface area contributed by atoms with Crippen molar-refractivity contribution in [2.45, 2.75) is 11.8 Å². The molecule has 1 unspecified atom stereocenters. The van der Waals surface area contributed by atoms with E-state index in [0.29, 0.717) is 0 Å². The van der Waals surface area contributed by atoms with Gasteiger partial charge in [-0.15, -0.1) is 0 Å². The second-order valence-corrected chi connectivity index (χ2v) is 2.16. The van der Waals surface area contributed by atoms with E-state index < -0.39 is 17.1 Å². The molecule has 2 nitrogen and oxygen atoms in total. The lowest BCUT2D eigenvalue weighted by atomic mass is 10.1. The highest BCUT2D eigenvalue weighted by atomic mass is 79.9. The van der Waals surface area contributed by atoms with Crippen LogP contribution in [0.15, 0.2) is 0 Å². The van der Waals surface area contributed by atoms with Crippen LogP contribution in [-0.2, 0) is 0 Å². The molecular weight excluding hydrogens is 215 g/mol. The SMILES string of the molecule is N#CC(O)(CBr)C(F)(F)F. The Balaban J connectivity index is 4.54. The summed E-state index contributed by atoms with van der Waals surface area (Å²) in [4.78, 5) is 0. The first kappa shape index (κ1) is 9.72. The van der Waals surface area contributed by atoms with Gasteiger partial charge in [-0.05, 0) is 0 Å². The van der Waals surface area contributed by atoms with Gasteiger partial charge in [-0.3, -0.25) is 0 Å². The van der Waals surface area contributed by atoms with Gasteiger partial charge in [-0.25, -0.2) is 0 Å². The van der Waals surface area contributed by atoms with E-state index in [2.05, 4.69) is 15.9 Å². The highest BCUT2D eigenvalue weighted by Crippen LogP contribution is 2.30. The first-order chi connectivity index (χ1) is 4.37. The van der Waals surface area contributed by atoms with E-state index in [-0.39, 0.29) is 0 Å². The Morgan fingerprint density at radius 1 is 1.50 bits per heavy atom. The molecule has 0 rings (SSSR count). The molecule has 0 heterocycles. The topological polar surface area (TPSA) is 44.0 Å². The number of aliphatic hydroxyl groups is 1. The van der Waals surface area contributed by atoms with Gasteiger partial charge in [0.2, 0.25) is 0 Å². The summed E-state index contributed by atoms with van der Waals surface area (Å²) >= 11 is 2.38. The number of hydrogen-bond donors (Lipinski definition) is 1. The number of nitrogens with zero attached hydrogens (tertiary/aromatic N) is 1. The molecule has 0 aliphatic heterocycles. The summed E-state index contributed by atoms with van der Waals surface area (Å²) in [6, 6.07) is 0.752. The zero-order chi connectivity index (χ0) is 8.41. The van der Waals surface area contributed by atoms with Crippen molar-refractivity contribution in [1.29, 1.82) is 5.26 Å². The van der Waals surface area contributed by atoms with Crippen LogP contribution in [-0.4, -0.2) is 22.2 Å². The lowest BCUT2D eigenvalue weighted by molar-refractivity contribution is -0.226. The van der Waals surface area contributed by atoms with Gasteiger partial charge < -0.3 is 5.11 Å². The Morgan fingerprint density at radius 3 is 1.90 bits per heavy atom. The van der Waals surface area contributed by atoms with Crippen molar-refractivity contribution < 1.29 is 18.3 Å². The summed E-state index contributed by atoms with van der Waals surface area (Å²) in [6.45, 7) is 0. The first-order valence-corrected chi connectivity index (χ1v) is 3.26. The summed E-state index contributed by atoms with van der Waals surface area (Å²) < 4.78 is 34.8. The van der Waals surface area contributed by atoms with Crippen molar-refractivity contribution >= 4 is 15.9 Å². The van der Waals surface area contributed by atoms with Gasteiger partial charge in [-0.1, -0.05) is 15.9 Å². The number of nitriles is 1. The second kappa shape index (κ2) is 2.76. The van der Waals surface area contributed by atoms with Crippen LogP contribution >= 0.6 is 15.9 Å². The molecule has 0 aliphatic carbocycles. The van der Waals surface area contributed by atoms with Crippen molar-refractivity contribution in [3.8, 4) is 6.07 Å². The third-order valence-corrected chi connectivity index (χ3v) is 1.66. The first-order valence-electron chi connectivity index (χ1n) is 2.13. The fraction of sp³-hybridized carbons (Fsp3) is 0.750. The minimum absolute atomic E-state index is 0.752. The highest BCUT2D eigenvalue weighted by molar-refractivity contribution is 9.09. The molecular formula is C4H3BrF3NO. The van der Waals surface area contributed by atoms with Gasteiger partial charge in [0.05, 0.1) is 5.33 Å². The van der Waals surface area contributed by atoms with Gasteiger partial charge in [-0.2, -0.15) is 18.4 Å². The third kappa shape index (κ3) is 1.61. The average molecular weight is 218 g/mol. The molecule has 0 fully saturated rings. The summed E-state index contributed by atoms with van der Waals surface area (Å²) in [6.07, 6.45) is -4.90. The molecule has 0 bridgehead atoms. The molecule has 0 spiro atoms. The molecule has 0 aromatic heterocycles. The second-order valence-electron chi connectivity index (χ2n) is 1.60. The smallest absolute Gasteiger partial charge is 0.368 e. The molecule has 0 saturated carbocycles. The molecule has 1 atom stereocenters. The monoisotopic (exact) mass is 217 g/mol. The molecule has 0 radical (unpaired) electrons. The Morgan fingerprint density at radius 2 is 1.90 bits per heavy atom. The van der Waals surface area contributed by atoms with E-state index in [1.165, 1.54) is 0 Å². The molecule has 0 amide bonds. The maximum absolute atomic E-state index is 11.6. The molecule has 0 aromatic rings. The minimum atomic E-state index is -4.90. The van der Waals surface area contributed by atoms with Crippen molar-refractivity contribution in [1.82, 2.24) is 0 Å². The Hall–Kier alpha value is -0.280. The molecule has 6 heteroatoms. The van der Waals surface area contributed by atoms with Crippen LogP contribution in [0.5, 0.6) is 0 Å². The Labute approximate surface area is 63.4 Å². The normalized spacial score (nSPS) is 17.6. The number of hydrogen-bond acceptors (Lipinski definition) is 2. The zero-order valence-corrected chi connectivity index (χ0v) is 6.20. The average Bonchev–Trinajstić information content (AvgIpc) is 1.84. The lowest BCUT2D eigenvalue weighted by Gasteiger charge is -2.19. The van der Waals surface area contributed by atoms with E-state index in [4.69, 9.17) is 10.4 Å². The largest absolute Gasteiger partial charge is 0.431 e. The fourth-order valence-electron chi connectivity index (χ4n) is 0.169. The summed E-state index contributed by atoms with van der Waals surface area (Å²) in [5.41, 5.74) is -3.26. The molecule has 0 saturated heterocycles. The Bertz CT molecular complexity index is 163. The maximum atomic E-state index is 11.6. The van der Waals surface area contributed by atoms with E-state index in [0.717, 1.165) is 6.07 Å². The zero-order valence-electron chi connectivity index (χ0n) is 4.61. The maximum Gasteiger partial charge on any atom is 0.431 e. The molecule has 10 heavy (non-hydrogen) atoms. The van der Waals surface area contributed by atoms with Crippen LogP contribution in [0.3, 0.4) is 0 Å². The van der Waals surface area contributed by atoms with Gasteiger partial charge in [0.1, 0.15) is 6.07 Å². The van der Waals surface area contributed by atoms with Gasteiger partial charge in [0.25, 0.3) is 5.60 Å². The van der Waals surface area contributed by atoms with Crippen LogP contribution in [0.4, 0.5) is 13.2 Å².